The maximum Gasteiger partial charge on any atom is 0.323 e. The monoisotopic (exact) mass is 376 g/mol. The van der Waals surface area contributed by atoms with E-state index in [1.165, 1.54) is 4.90 Å². The van der Waals surface area contributed by atoms with Crippen molar-refractivity contribution in [3.63, 3.8) is 0 Å². The molecule has 0 aliphatic carbocycles. The molecule has 1 aliphatic rings. The van der Waals surface area contributed by atoms with Crippen molar-refractivity contribution in [1.82, 2.24) is 20.0 Å². The fourth-order valence-electron chi connectivity index (χ4n) is 2.96. The highest BCUT2D eigenvalue weighted by atomic mass is 16.4. The van der Waals surface area contributed by atoms with Gasteiger partial charge in [-0.25, -0.2) is 4.79 Å². The Labute approximate surface area is 159 Å². The molecule has 1 saturated heterocycles. The number of urea groups is 1. The molecule has 3 amide bonds. The molecule has 0 aromatic heterocycles. The summed E-state index contributed by atoms with van der Waals surface area (Å²) in [6.07, 6.45) is 0.825. The van der Waals surface area contributed by atoms with Crippen LogP contribution in [0.5, 0.6) is 0 Å². The molecule has 0 spiro atoms. The number of carboxylic acids is 1. The Kier molecular flexibility index (Phi) is 8.06. The molecule has 1 aliphatic heterocycles. The average Bonchev–Trinajstić information content (AvgIpc) is 2.68. The molecule has 27 heavy (non-hydrogen) atoms. The Morgan fingerprint density at radius 2 is 1.81 bits per heavy atom. The molecule has 8 nitrogen and oxygen atoms in total. The summed E-state index contributed by atoms with van der Waals surface area (Å²) in [7, 11) is 1.90. The SMILES string of the molecule is CN1CCC(=O)N(CC(=O)O)CCCN(C(=O)NCc2ccccc2)CC1. The van der Waals surface area contributed by atoms with Gasteiger partial charge < -0.3 is 25.1 Å². The average molecular weight is 376 g/mol. The molecule has 2 rings (SSSR count). The van der Waals surface area contributed by atoms with Crippen LogP contribution in [0.2, 0.25) is 0 Å². The van der Waals surface area contributed by atoms with E-state index in [1.54, 1.807) is 4.90 Å². The zero-order valence-electron chi connectivity index (χ0n) is 15.8. The fraction of sp³-hybridized carbons (Fsp3) is 0.526. The maximum atomic E-state index is 12.6. The van der Waals surface area contributed by atoms with Crippen molar-refractivity contribution in [2.45, 2.75) is 19.4 Å². The predicted octanol–water partition coefficient (Wildman–Crippen LogP) is 0.837. The van der Waals surface area contributed by atoms with Gasteiger partial charge in [-0.2, -0.15) is 0 Å². The van der Waals surface area contributed by atoms with Crippen molar-refractivity contribution in [3.05, 3.63) is 35.9 Å². The molecule has 148 valence electrons. The standard InChI is InChI=1S/C19H28N4O4/c1-21-11-8-17(24)23(15-18(25)26)10-5-9-22(13-12-21)19(27)20-14-16-6-3-2-4-7-16/h2-4,6-7H,5,8-15H2,1H3,(H,20,27)(H,25,26). The van der Waals surface area contributed by atoms with E-state index in [1.807, 2.05) is 42.3 Å². The Balaban J connectivity index is 1.96. The number of hydrogen-bond acceptors (Lipinski definition) is 4. The Hall–Kier alpha value is -2.61. The smallest absolute Gasteiger partial charge is 0.323 e. The maximum absolute atomic E-state index is 12.6. The second-order valence-electron chi connectivity index (χ2n) is 6.75. The fourth-order valence-corrected chi connectivity index (χ4v) is 2.96. The molecule has 1 aromatic carbocycles. The van der Waals surface area contributed by atoms with E-state index in [-0.39, 0.29) is 24.9 Å². The van der Waals surface area contributed by atoms with Crippen molar-refractivity contribution >= 4 is 17.9 Å². The van der Waals surface area contributed by atoms with Crippen LogP contribution in [-0.2, 0) is 16.1 Å². The van der Waals surface area contributed by atoms with E-state index >= 15 is 0 Å². The lowest BCUT2D eigenvalue weighted by Gasteiger charge is -2.25. The molecule has 1 heterocycles. The molecule has 0 radical (unpaired) electrons. The van der Waals surface area contributed by atoms with Crippen LogP contribution >= 0.6 is 0 Å². The van der Waals surface area contributed by atoms with Gasteiger partial charge in [0.25, 0.3) is 0 Å². The zero-order valence-corrected chi connectivity index (χ0v) is 15.8. The summed E-state index contributed by atoms with van der Waals surface area (Å²) in [5.74, 6) is -1.18. The van der Waals surface area contributed by atoms with E-state index in [0.717, 1.165) is 5.56 Å². The van der Waals surface area contributed by atoms with E-state index < -0.39 is 5.97 Å². The number of aliphatic carboxylic acids is 1. The van der Waals surface area contributed by atoms with E-state index in [2.05, 4.69) is 5.32 Å². The highest BCUT2D eigenvalue weighted by Crippen LogP contribution is 2.05. The van der Waals surface area contributed by atoms with Crippen LogP contribution in [0.3, 0.4) is 0 Å². The number of carboxylic acid groups (broad SMARTS) is 1. The number of carbonyl (C=O) groups is 3. The van der Waals surface area contributed by atoms with E-state index in [4.69, 9.17) is 5.11 Å². The van der Waals surface area contributed by atoms with Gasteiger partial charge in [-0.3, -0.25) is 9.59 Å². The third kappa shape index (κ3) is 7.26. The quantitative estimate of drug-likeness (QED) is 0.812. The van der Waals surface area contributed by atoms with Crippen molar-refractivity contribution in [2.24, 2.45) is 0 Å². The van der Waals surface area contributed by atoms with Crippen LogP contribution in [0.15, 0.2) is 30.3 Å². The number of rotatable bonds is 4. The van der Waals surface area contributed by atoms with Gasteiger partial charge in [-0.05, 0) is 19.0 Å². The van der Waals surface area contributed by atoms with Crippen LogP contribution in [-0.4, -0.2) is 84.0 Å². The third-order valence-electron chi connectivity index (χ3n) is 4.57. The van der Waals surface area contributed by atoms with Crippen LogP contribution in [0, 0.1) is 0 Å². The Bertz CT molecular complexity index is 638. The minimum atomic E-state index is -1.02. The number of amides is 3. The molecule has 1 fully saturated rings. The highest BCUT2D eigenvalue weighted by molar-refractivity contribution is 5.81. The largest absolute Gasteiger partial charge is 0.480 e. The number of nitrogens with zero attached hydrogens (tertiary/aromatic N) is 3. The van der Waals surface area contributed by atoms with Gasteiger partial charge in [-0.1, -0.05) is 30.3 Å². The summed E-state index contributed by atoms with van der Waals surface area (Å²) in [4.78, 5) is 40.9. The van der Waals surface area contributed by atoms with Gasteiger partial charge in [0, 0.05) is 45.7 Å². The first kappa shape index (κ1) is 20.7. The lowest BCUT2D eigenvalue weighted by molar-refractivity contribution is -0.144. The molecule has 1 aromatic rings. The summed E-state index contributed by atoms with van der Waals surface area (Å²) < 4.78 is 0. The molecule has 0 saturated carbocycles. The van der Waals surface area contributed by atoms with Gasteiger partial charge in [0.1, 0.15) is 6.54 Å². The summed E-state index contributed by atoms with van der Waals surface area (Å²) in [6, 6.07) is 9.55. The summed E-state index contributed by atoms with van der Waals surface area (Å²) in [5.41, 5.74) is 1.03. The van der Waals surface area contributed by atoms with Crippen molar-refractivity contribution in [2.75, 3.05) is 46.3 Å². The number of carbonyl (C=O) groups excluding carboxylic acids is 2. The molecular formula is C19H28N4O4. The Morgan fingerprint density at radius 3 is 2.52 bits per heavy atom. The van der Waals surface area contributed by atoms with Gasteiger partial charge in [0.2, 0.25) is 5.91 Å². The van der Waals surface area contributed by atoms with Gasteiger partial charge in [0.15, 0.2) is 0 Å². The normalized spacial score (nSPS) is 17.3. The lowest BCUT2D eigenvalue weighted by atomic mass is 10.2. The van der Waals surface area contributed by atoms with E-state index in [9.17, 15) is 14.4 Å². The number of nitrogens with one attached hydrogen (secondary N) is 1. The summed E-state index contributed by atoms with van der Waals surface area (Å²) in [6.45, 7) is 2.71. The number of benzene rings is 1. The summed E-state index contributed by atoms with van der Waals surface area (Å²) >= 11 is 0. The Morgan fingerprint density at radius 1 is 1.07 bits per heavy atom. The van der Waals surface area contributed by atoms with Gasteiger partial charge in [-0.15, -0.1) is 0 Å². The minimum absolute atomic E-state index is 0.150. The van der Waals surface area contributed by atoms with Crippen LogP contribution < -0.4 is 5.32 Å². The predicted molar refractivity (Wildman–Crippen MR) is 101 cm³/mol. The van der Waals surface area contributed by atoms with Crippen molar-refractivity contribution in [3.8, 4) is 0 Å². The zero-order chi connectivity index (χ0) is 19.6. The highest BCUT2D eigenvalue weighted by Gasteiger charge is 2.20. The number of likely N-dealkylation sites (N-methyl/N-ethyl adjacent to an activating group) is 1. The lowest BCUT2D eigenvalue weighted by Crippen LogP contribution is -2.44. The topological polar surface area (TPSA) is 93.2 Å². The van der Waals surface area contributed by atoms with Crippen molar-refractivity contribution < 1.29 is 19.5 Å². The van der Waals surface area contributed by atoms with Crippen molar-refractivity contribution in [1.29, 1.82) is 0 Å². The first-order valence-electron chi connectivity index (χ1n) is 9.20. The number of hydrogen-bond donors (Lipinski definition) is 2. The van der Waals surface area contributed by atoms with E-state index in [0.29, 0.717) is 45.7 Å². The van der Waals surface area contributed by atoms with Gasteiger partial charge in [0.05, 0.1) is 0 Å². The molecule has 8 heteroatoms. The van der Waals surface area contributed by atoms with Gasteiger partial charge >= 0.3 is 12.0 Å². The first-order chi connectivity index (χ1) is 13.0. The van der Waals surface area contributed by atoms with Crippen LogP contribution in [0.1, 0.15) is 18.4 Å². The molecule has 0 unspecified atom stereocenters. The molecule has 0 bridgehead atoms. The third-order valence-corrected chi connectivity index (χ3v) is 4.57. The first-order valence-corrected chi connectivity index (χ1v) is 9.20. The van der Waals surface area contributed by atoms with Crippen LogP contribution in [0.4, 0.5) is 4.79 Å². The second kappa shape index (κ2) is 10.5. The molecule has 0 atom stereocenters. The van der Waals surface area contributed by atoms with Crippen LogP contribution in [0.25, 0.3) is 0 Å². The molecule has 2 N–H and O–H groups in total. The minimum Gasteiger partial charge on any atom is -0.480 e. The second-order valence-corrected chi connectivity index (χ2v) is 6.75. The summed E-state index contributed by atoms with van der Waals surface area (Å²) in [5, 5.41) is 11.9. The molecular weight excluding hydrogens is 348 g/mol.